The van der Waals surface area contributed by atoms with Crippen LogP contribution in [0.3, 0.4) is 0 Å². The fourth-order valence-corrected chi connectivity index (χ4v) is 2.04. The number of aromatic nitrogens is 2. The van der Waals surface area contributed by atoms with Gasteiger partial charge in [0.05, 0.1) is 6.42 Å². The maximum absolute atomic E-state index is 10.4. The predicted molar refractivity (Wildman–Crippen MR) is 59.6 cm³/mol. The van der Waals surface area contributed by atoms with Crippen LogP contribution in [0.25, 0.3) is 0 Å². The molecule has 1 atom stereocenters. The van der Waals surface area contributed by atoms with Crippen LogP contribution in [0.5, 0.6) is 0 Å². The Hall–Kier alpha value is -1.43. The number of nitrogens with one attached hydrogen (secondary N) is 1. The van der Waals surface area contributed by atoms with Crippen LogP contribution in [0.4, 0.5) is 0 Å². The molecule has 1 unspecified atom stereocenters. The van der Waals surface area contributed by atoms with Gasteiger partial charge in [-0.05, 0) is 31.8 Å². The number of carboxylic acid groups (broad SMARTS) is 1. The van der Waals surface area contributed by atoms with Crippen molar-refractivity contribution in [3.63, 3.8) is 0 Å². The van der Waals surface area contributed by atoms with Crippen LogP contribution in [0.15, 0.2) is 4.52 Å². The highest BCUT2D eigenvalue weighted by atomic mass is 16.5. The van der Waals surface area contributed by atoms with Crippen molar-refractivity contribution in [3.8, 4) is 0 Å². The average molecular weight is 239 g/mol. The first-order valence-corrected chi connectivity index (χ1v) is 5.98. The van der Waals surface area contributed by atoms with E-state index in [0.717, 1.165) is 19.5 Å². The van der Waals surface area contributed by atoms with Gasteiger partial charge in [-0.2, -0.15) is 4.98 Å². The Morgan fingerprint density at radius 3 is 3.18 bits per heavy atom. The lowest BCUT2D eigenvalue weighted by Crippen LogP contribution is -2.30. The molecular weight excluding hydrogens is 222 g/mol. The first-order valence-electron chi connectivity index (χ1n) is 5.98. The number of aliphatic carboxylic acids is 1. The Labute approximate surface area is 99.4 Å². The van der Waals surface area contributed by atoms with Crippen LogP contribution < -0.4 is 5.32 Å². The monoisotopic (exact) mass is 239 g/mol. The van der Waals surface area contributed by atoms with Crippen LogP contribution >= 0.6 is 0 Å². The summed E-state index contributed by atoms with van der Waals surface area (Å²) in [6, 6.07) is 0. The van der Waals surface area contributed by atoms with Crippen molar-refractivity contribution >= 4 is 5.97 Å². The molecule has 0 spiro atoms. The molecule has 1 aromatic heterocycles. The van der Waals surface area contributed by atoms with Gasteiger partial charge in [0, 0.05) is 12.8 Å². The summed E-state index contributed by atoms with van der Waals surface area (Å²) >= 11 is 0. The highest BCUT2D eigenvalue weighted by Crippen LogP contribution is 2.15. The maximum Gasteiger partial charge on any atom is 0.303 e. The van der Waals surface area contributed by atoms with Gasteiger partial charge in [0.1, 0.15) is 0 Å². The summed E-state index contributed by atoms with van der Waals surface area (Å²) in [5, 5.41) is 15.7. The molecule has 0 amide bonds. The molecule has 0 radical (unpaired) electrons. The first kappa shape index (κ1) is 12.0. The van der Waals surface area contributed by atoms with E-state index in [9.17, 15) is 4.79 Å². The number of aryl methyl sites for hydroxylation is 1. The van der Waals surface area contributed by atoms with Gasteiger partial charge in [-0.15, -0.1) is 0 Å². The van der Waals surface area contributed by atoms with E-state index in [0.29, 0.717) is 24.1 Å². The molecule has 1 aromatic rings. The van der Waals surface area contributed by atoms with Gasteiger partial charge in [-0.25, -0.2) is 0 Å². The summed E-state index contributed by atoms with van der Waals surface area (Å²) in [5.74, 6) is 0.828. The molecule has 0 aliphatic carbocycles. The quantitative estimate of drug-likeness (QED) is 0.783. The van der Waals surface area contributed by atoms with E-state index in [1.54, 1.807) is 0 Å². The molecule has 0 bridgehead atoms. The van der Waals surface area contributed by atoms with Gasteiger partial charge in [-0.3, -0.25) is 4.79 Å². The zero-order valence-corrected chi connectivity index (χ0v) is 9.69. The molecule has 1 fully saturated rings. The topological polar surface area (TPSA) is 88.2 Å². The van der Waals surface area contributed by atoms with Gasteiger partial charge in [0.2, 0.25) is 5.89 Å². The third-order valence-corrected chi connectivity index (χ3v) is 2.93. The second-order valence-corrected chi connectivity index (χ2v) is 4.41. The molecule has 2 heterocycles. The molecular formula is C11H17N3O3. The first-order chi connectivity index (χ1) is 8.24. The fourth-order valence-electron chi connectivity index (χ4n) is 2.04. The Morgan fingerprint density at radius 2 is 2.47 bits per heavy atom. The molecule has 17 heavy (non-hydrogen) atoms. The molecule has 6 nitrogen and oxygen atoms in total. The van der Waals surface area contributed by atoms with Crippen LogP contribution in [0, 0.1) is 5.92 Å². The third kappa shape index (κ3) is 3.81. The molecule has 1 aliphatic heterocycles. The average Bonchev–Trinajstić information content (AvgIpc) is 2.75. The number of carboxylic acids is 1. The van der Waals surface area contributed by atoms with E-state index in [1.165, 1.54) is 12.8 Å². The molecule has 1 saturated heterocycles. The largest absolute Gasteiger partial charge is 0.481 e. The van der Waals surface area contributed by atoms with Crippen molar-refractivity contribution in [1.82, 2.24) is 15.5 Å². The molecule has 6 heteroatoms. The zero-order valence-electron chi connectivity index (χ0n) is 9.69. The lowest BCUT2D eigenvalue weighted by atomic mass is 9.96. The smallest absolute Gasteiger partial charge is 0.303 e. The van der Waals surface area contributed by atoms with Crippen LogP contribution in [-0.2, 0) is 17.6 Å². The highest BCUT2D eigenvalue weighted by molar-refractivity contribution is 5.66. The summed E-state index contributed by atoms with van der Waals surface area (Å²) in [5.41, 5.74) is 0. The fraction of sp³-hybridized carbons (Fsp3) is 0.727. The highest BCUT2D eigenvalue weighted by Gasteiger charge is 2.17. The van der Waals surface area contributed by atoms with Crippen molar-refractivity contribution < 1.29 is 14.4 Å². The lowest BCUT2D eigenvalue weighted by Gasteiger charge is -2.20. The zero-order chi connectivity index (χ0) is 12.1. The minimum Gasteiger partial charge on any atom is -0.481 e. The number of rotatable bonds is 5. The molecule has 2 N–H and O–H groups in total. The Balaban J connectivity index is 1.82. The van der Waals surface area contributed by atoms with E-state index >= 15 is 0 Å². The molecule has 1 aliphatic rings. The second kappa shape index (κ2) is 5.77. The summed E-state index contributed by atoms with van der Waals surface area (Å²) in [6.45, 7) is 2.08. The van der Waals surface area contributed by atoms with Gasteiger partial charge in [0.25, 0.3) is 0 Å². The maximum atomic E-state index is 10.4. The van der Waals surface area contributed by atoms with E-state index in [1.807, 2.05) is 0 Å². The SMILES string of the molecule is O=C(O)CCc1noc(CC2CCCNC2)n1. The summed E-state index contributed by atoms with van der Waals surface area (Å²) in [4.78, 5) is 14.6. The van der Waals surface area contributed by atoms with Crippen molar-refractivity contribution in [2.24, 2.45) is 5.92 Å². The third-order valence-electron chi connectivity index (χ3n) is 2.93. The Kier molecular flexibility index (Phi) is 4.08. The number of carbonyl (C=O) groups is 1. The van der Waals surface area contributed by atoms with Crippen molar-refractivity contribution in [1.29, 1.82) is 0 Å². The summed E-state index contributed by atoms with van der Waals surface area (Å²) in [6.07, 6.45) is 3.53. The van der Waals surface area contributed by atoms with E-state index in [-0.39, 0.29) is 6.42 Å². The van der Waals surface area contributed by atoms with Crippen LogP contribution in [0.2, 0.25) is 0 Å². The number of hydrogen-bond donors (Lipinski definition) is 2. The minimum absolute atomic E-state index is 0.0456. The lowest BCUT2D eigenvalue weighted by molar-refractivity contribution is -0.137. The standard InChI is InChI=1S/C11H17N3O3/c15-11(16)4-3-9-13-10(17-14-9)6-8-2-1-5-12-7-8/h8,12H,1-7H2,(H,15,16). The number of nitrogens with zero attached hydrogens (tertiary/aromatic N) is 2. The Bertz CT molecular complexity index is 372. The van der Waals surface area contributed by atoms with E-state index in [2.05, 4.69) is 15.5 Å². The van der Waals surface area contributed by atoms with Gasteiger partial charge >= 0.3 is 5.97 Å². The van der Waals surface area contributed by atoms with Crippen molar-refractivity contribution in [2.75, 3.05) is 13.1 Å². The van der Waals surface area contributed by atoms with Crippen molar-refractivity contribution in [3.05, 3.63) is 11.7 Å². The van der Waals surface area contributed by atoms with Gasteiger partial charge in [-0.1, -0.05) is 5.16 Å². The molecule has 0 saturated carbocycles. The van der Waals surface area contributed by atoms with Gasteiger partial charge < -0.3 is 14.9 Å². The van der Waals surface area contributed by atoms with Crippen molar-refractivity contribution in [2.45, 2.75) is 32.1 Å². The number of piperidine rings is 1. The predicted octanol–water partition coefficient (Wildman–Crippen LogP) is 0.629. The molecule has 94 valence electrons. The molecule has 2 rings (SSSR count). The van der Waals surface area contributed by atoms with Crippen LogP contribution in [-0.4, -0.2) is 34.3 Å². The van der Waals surface area contributed by atoms with Gasteiger partial charge in [0.15, 0.2) is 5.82 Å². The minimum atomic E-state index is -0.840. The van der Waals surface area contributed by atoms with E-state index < -0.39 is 5.97 Å². The normalized spacial score (nSPS) is 20.4. The summed E-state index contributed by atoms with van der Waals surface area (Å²) in [7, 11) is 0. The molecule has 0 aromatic carbocycles. The van der Waals surface area contributed by atoms with E-state index in [4.69, 9.17) is 9.63 Å². The number of hydrogen-bond acceptors (Lipinski definition) is 5. The summed E-state index contributed by atoms with van der Waals surface area (Å²) < 4.78 is 5.12. The van der Waals surface area contributed by atoms with Crippen LogP contribution in [0.1, 0.15) is 31.0 Å². The Morgan fingerprint density at radius 1 is 1.59 bits per heavy atom. The second-order valence-electron chi connectivity index (χ2n) is 4.41.